The zero-order valence-electron chi connectivity index (χ0n) is 9.29. The number of esters is 1. The molecule has 1 heterocycles. The van der Waals surface area contributed by atoms with Gasteiger partial charge in [-0.05, 0) is 40.2 Å². The molecule has 0 aromatic heterocycles. The van der Waals surface area contributed by atoms with Gasteiger partial charge in [-0.3, -0.25) is 5.32 Å². The van der Waals surface area contributed by atoms with Gasteiger partial charge in [0.25, 0.3) is 0 Å². The van der Waals surface area contributed by atoms with E-state index in [0.717, 1.165) is 0 Å². The van der Waals surface area contributed by atoms with Gasteiger partial charge < -0.3 is 9.84 Å². The summed E-state index contributed by atoms with van der Waals surface area (Å²) >= 11 is 0. The van der Waals surface area contributed by atoms with Crippen molar-refractivity contribution in [3.8, 4) is 0 Å². The van der Waals surface area contributed by atoms with Gasteiger partial charge in [0.1, 0.15) is 5.60 Å². The second-order valence-corrected chi connectivity index (χ2v) is 4.74. The van der Waals surface area contributed by atoms with Crippen LogP contribution in [0.15, 0.2) is 0 Å². The molecule has 1 unspecified atom stereocenters. The fraction of sp³-hybridized carbons (Fsp3) is 0.800. The Morgan fingerprint density at radius 2 is 2.00 bits per heavy atom. The Kier molecular flexibility index (Phi) is 3.04. The molecule has 1 aliphatic heterocycles. The van der Waals surface area contributed by atoms with Crippen LogP contribution in [0.4, 0.5) is 0 Å². The van der Waals surface area contributed by atoms with Crippen molar-refractivity contribution in [3.05, 3.63) is 0 Å². The van der Waals surface area contributed by atoms with E-state index in [9.17, 15) is 9.59 Å². The molecule has 5 nitrogen and oxygen atoms in total. The molecule has 0 bridgehead atoms. The number of carbonyl (C=O) groups is 2. The van der Waals surface area contributed by atoms with E-state index in [1.807, 2.05) is 0 Å². The molecule has 0 aliphatic carbocycles. The van der Waals surface area contributed by atoms with Gasteiger partial charge in [0.2, 0.25) is 5.54 Å². The number of rotatable bonds is 2. The van der Waals surface area contributed by atoms with Gasteiger partial charge in [0, 0.05) is 0 Å². The lowest BCUT2D eigenvalue weighted by atomic mass is 9.97. The van der Waals surface area contributed by atoms with Crippen LogP contribution in [0.3, 0.4) is 0 Å². The van der Waals surface area contributed by atoms with Crippen LogP contribution in [-0.4, -0.2) is 34.7 Å². The largest absolute Gasteiger partial charge is 0.479 e. The van der Waals surface area contributed by atoms with Crippen molar-refractivity contribution in [2.45, 2.75) is 44.8 Å². The maximum Gasteiger partial charge on any atom is 0.338 e. The first kappa shape index (κ1) is 12.0. The summed E-state index contributed by atoms with van der Waals surface area (Å²) in [7, 11) is 0. The summed E-state index contributed by atoms with van der Waals surface area (Å²) in [4.78, 5) is 22.8. The summed E-state index contributed by atoms with van der Waals surface area (Å²) in [5, 5.41) is 11.8. The quantitative estimate of drug-likeness (QED) is 0.519. The van der Waals surface area contributed by atoms with Crippen LogP contribution < -0.4 is 5.32 Å². The zero-order valence-corrected chi connectivity index (χ0v) is 9.29. The molecular weight excluding hydrogens is 198 g/mol. The van der Waals surface area contributed by atoms with Crippen molar-refractivity contribution in [2.75, 3.05) is 6.54 Å². The monoisotopic (exact) mass is 215 g/mol. The summed E-state index contributed by atoms with van der Waals surface area (Å²) in [5.74, 6) is -1.85. The lowest BCUT2D eigenvalue weighted by molar-refractivity contribution is -0.170. The van der Waals surface area contributed by atoms with Crippen LogP contribution in [0.1, 0.15) is 33.6 Å². The standard InChI is InChI=1S/C10H17NO4/c1-9(2,3)15-8(14)10(7(12)13)5-4-6-11-10/h11H,4-6H2,1-3H3,(H,12,13). The molecule has 5 heteroatoms. The second kappa shape index (κ2) is 3.81. The smallest absolute Gasteiger partial charge is 0.338 e. The highest BCUT2D eigenvalue weighted by atomic mass is 16.6. The average Bonchev–Trinajstić information content (AvgIpc) is 2.48. The highest BCUT2D eigenvalue weighted by Crippen LogP contribution is 2.23. The number of nitrogens with one attached hydrogen (secondary N) is 1. The summed E-state index contributed by atoms with van der Waals surface area (Å²) < 4.78 is 5.10. The number of aliphatic carboxylic acids is 1. The topological polar surface area (TPSA) is 75.6 Å². The zero-order chi connectivity index (χ0) is 11.7. The Bertz CT molecular complexity index is 274. The number of carboxylic acids is 1. The van der Waals surface area contributed by atoms with Gasteiger partial charge in [-0.25, -0.2) is 9.59 Å². The number of hydrogen-bond donors (Lipinski definition) is 2. The van der Waals surface area contributed by atoms with Gasteiger partial charge in [-0.15, -0.1) is 0 Å². The maximum atomic E-state index is 11.8. The molecule has 1 fully saturated rings. The van der Waals surface area contributed by atoms with Crippen LogP contribution in [-0.2, 0) is 14.3 Å². The second-order valence-electron chi connectivity index (χ2n) is 4.74. The van der Waals surface area contributed by atoms with Gasteiger partial charge >= 0.3 is 11.9 Å². The van der Waals surface area contributed by atoms with E-state index in [0.29, 0.717) is 13.0 Å². The lowest BCUT2D eigenvalue weighted by Gasteiger charge is -2.27. The van der Waals surface area contributed by atoms with E-state index < -0.39 is 23.1 Å². The highest BCUT2D eigenvalue weighted by Gasteiger charge is 2.50. The molecule has 0 spiro atoms. The molecule has 1 atom stereocenters. The van der Waals surface area contributed by atoms with Gasteiger partial charge in [-0.1, -0.05) is 0 Å². The van der Waals surface area contributed by atoms with Gasteiger partial charge in [-0.2, -0.15) is 0 Å². The van der Waals surface area contributed by atoms with Crippen LogP contribution >= 0.6 is 0 Å². The predicted octanol–water partition coefficient (Wildman–Crippen LogP) is 0.535. The van der Waals surface area contributed by atoms with E-state index in [-0.39, 0.29) is 6.42 Å². The molecule has 1 rings (SSSR count). The molecule has 86 valence electrons. The van der Waals surface area contributed by atoms with E-state index in [2.05, 4.69) is 5.32 Å². The minimum atomic E-state index is -1.53. The van der Waals surface area contributed by atoms with E-state index in [1.165, 1.54) is 0 Å². The van der Waals surface area contributed by atoms with Crippen LogP contribution in [0, 0.1) is 0 Å². The first-order chi connectivity index (χ1) is 6.78. The van der Waals surface area contributed by atoms with Crippen molar-refractivity contribution in [3.63, 3.8) is 0 Å². The molecule has 0 saturated carbocycles. The average molecular weight is 215 g/mol. The van der Waals surface area contributed by atoms with Crippen molar-refractivity contribution in [1.29, 1.82) is 0 Å². The molecule has 1 saturated heterocycles. The summed E-state index contributed by atoms with van der Waals surface area (Å²) in [6.45, 7) is 5.69. The Morgan fingerprint density at radius 1 is 1.40 bits per heavy atom. The molecule has 0 amide bonds. The molecule has 2 N–H and O–H groups in total. The normalized spacial score (nSPS) is 26.3. The SMILES string of the molecule is CC(C)(C)OC(=O)C1(C(=O)O)CCCN1. The fourth-order valence-corrected chi connectivity index (χ4v) is 1.55. The molecular formula is C10H17NO4. The van der Waals surface area contributed by atoms with Crippen molar-refractivity contribution in [2.24, 2.45) is 0 Å². The van der Waals surface area contributed by atoms with Gasteiger partial charge in [0.15, 0.2) is 0 Å². The van der Waals surface area contributed by atoms with Crippen molar-refractivity contribution in [1.82, 2.24) is 5.32 Å². The Balaban J connectivity index is 2.82. The Hall–Kier alpha value is -1.10. The van der Waals surface area contributed by atoms with E-state index >= 15 is 0 Å². The summed E-state index contributed by atoms with van der Waals surface area (Å²) in [6.07, 6.45) is 0.961. The van der Waals surface area contributed by atoms with Crippen molar-refractivity contribution < 1.29 is 19.4 Å². The third-order valence-corrected chi connectivity index (χ3v) is 2.27. The minimum Gasteiger partial charge on any atom is -0.479 e. The number of hydrogen-bond acceptors (Lipinski definition) is 4. The van der Waals surface area contributed by atoms with Crippen LogP contribution in [0.5, 0.6) is 0 Å². The first-order valence-corrected chi connectivity index (χ1v) is 5.00. The fourth-order valence-electron chi connectivity index (χ4n) is 1.55. The van der Waals surface area contributed by atoms with E-state index in [1.54, 1.807) is 20.8 Å². The predicted molar refractivity (Wildman–Crippen MR) is 53.4 cm³/mol. The molecule has 0 radical (unpaired) electrons. The minimum absolute atomic E-state index is 0.289. The number of ether oxygens (including phenoxy) is 1. The lowest BCUT2D eigenvalue weighted by Crippen LogP contribution is -2.56. The third-order valence-electron chi connectivity index (χ3n) is 2.27. The van der Waals surface area contributed by atoms with Gasteiger partial charge in [0.05, 0.1) is 0 Å². The van der Waals surface area contributed by atoms with E-state index in [4.69, 9.17) is 9.84 Å². The Morgan fingerprint density at radius 3 is 2.33 bits per heavy atom. The maximum absolute atomic E-state index is 11.8. The molecule has 0 aromatic rings. The summed E-state index contributed by atoms with van der Waals surface area (Å²) in [5.41, 5.74) is -2.20. The molecule has 1 aliphatic rings. The molecule has 15 heavy (non-hydrogen) atoms. The number of carboxylic acid groups (broad SMARTS) is 1. The highest BCUT2D eigenvalue weighted by molar-refractivity contribution is 6.04. The van der Waals surface area contributed by atoms with Crippen LogP contribution in [0.25, 0.3) is 0 Å². The summed E-state index contributed by atoms with van der Waals surface area (Å²) in [6, 6.07) is 0. The van der Waals surface area contributed by atoms with Crippen LogP contribution in [0.2, 0.25) is 0 Å². The molecule has 0 aromatic carbocycles. The third kappa shape index (κ3) is 2.47. The van der Waals surface area contributed by atoms with Crippen molar-refractivity contribution >= 4 is 11.9 Å². The Labute approximate surface area is 88.8 Å². The first-order valence-electron chi connectivity index (χ1n) is 5.00. The number of carbonyl (C=O) groups excluding carboxylic acids is 1.